The Morgan fingerprint density at radius 3 is 2.50 bits per heavy atom. The van der Waals surface area contributed by atoms with Gasteiger partial charge in [-0.15, -0.1) is 0 Å². The van der Waals surface area contributed by atoms with Gasteiger partial charge in [0.05, 0.1) is 5.02 Å². The molecule has 0 spiro atoms. The predicted octanol–water partition coefficient (Wildman–Crippen LogP) is 3.46. The van der Waals surface area contributed by atoms with Crippen LogP contribution >= 0.6 is 11.6 Å². The third kappa shape index (κ3) is 2.89. The lowest BCUT2D eigenvalue weighted by molar-refractivity contribution is 0.491. The van der Waals surface area contributed by atoms with Crippen molar-refractivity contribution in [3.8, 4) is 0 Å². The molecule has 1 heterocycles. The molecule has 0 saturated carbocycles. The van der Waals surface area contributed by atoms with Crippen LogP contribution in [0.1, 0.15) is 23.6 Å². The third-order valence-corrected chi connectivity index (χ3v) is 3.47. The number of nitrogens with zero attached hydrogens (tertiary/aromatic N) is 1. The number of pyridine rings is 1. The van der Waals surface area contributed by atoms with Crippen molar-refractivity contribution in [2.45, 2.75) is 25.8 Å². The Hall–Kier alpha value is -1.38. The van der Waals surface area contributed by atoms with Gasteiger partial charge in [0.2, 0.25) is 0 Å². The quantitative estimate of drug-likeness (QED) is 0.918. The SMILES string of the molecule is Cc1ccc(C(C)(N)Cc2ccncc2Cl)cc1. The highest BCUT2D eigenvalue weighted by Gasteiger charge is 2.22. The van der Waals surface area contributed by atoms with Crippen LogP contribution in [0.25, 0.3) is 0 Å². The summed E-state index contributed by atoms with van der Waals surface area (Å²) in [7, 11) is 0. The molecule has 2 aromatic rings. The van der Waals surface area contributed by atoms with Crippen molar-refractivity contribution in [2.24, 2.45) is 5.73 Å². The molecule has 3 heteroatoms. The van der Waals surface area contributed by atoms with Crippen LogP contribution in [0.3, 0.4) is 0 Å². The molecule has 0 aliphatic carbocycles. The van der Waals surface area contributed by atoms with Crippen LogP contribution in [-0.4, -0.2) is 4.98 Å². The minimum atomic E-state index is -0.432. The zero-order valence-electron chi connectivity index (χ0n) is 10.7. The lowest BCUT2D eigenvalue weighted by atomic mass is 9.86. The van der Waals surface area contributed by atoms with E-state index in [2.05, 4.69) is 36.2 Å². The summed E-state index contributed by atoms with van der Waals surface area (Å²) in [6, 6.07) is 10.2. The molecule has 18 heavy (non-hydrogen) atoms. The normalized spacial score (nSPS) is 14.2. The molecule has 0 fully saturated rings. The number of aryl methyl sites for hydroxylation is 1. The Morgan fingerprint density at radius 2 is 1.89 bits per heavy atom. The second-order valence-electron chi connectivity index (χ2n) is 4.93. The second kappa shape index (κ2) is 5.09. The number of hydrogen-bond donors (Lipinski definition) is 1. The summed E-state index contributed by atoms with van der Waals surface area (Å²) in [5, 5.41) is 0.668. The van der Waals surface area contributed by atoms with Gasteiger partial charge in [-0.1, -0.05) is 41.4 Å². The monoisotopic (exact) mass is 260 g/mol. The van der Waals surface area contributed by atoms with Gasteiger partial charge in [0.15, 0.2) is 0 Å². The molecule has 0 aliphatic heterocycles. The molecule has 94 valence electrons. The van der Waals surface area contributed by atoms with Crippen molar-refractivity contribution in [1.82, 2.24) is 4.98 Å². The molecule has 0 amide bonds. The van der Waals surface area contributed by atoms with Crippen molar-refractivity contribution < 1.29 is 0 Å². The number of hydrogen-bond acceptors (Lipinski definition) is 2. The highest BCUT2D eigenvalue weighted by atomic mass is 35.5. The van der Waals surface area contributed by atoms with Gasteiger partial charge >= 0.3 is 0 Å². The molecule has 1 aromatic carbocycles. The molecular weight excluding hydrogens is 244 g/mol. The molecule has 0 radical (unpaired) electrons. The zero-order chi connectivity index (χ0) is 13.2. The molecule has 1 unspecified atom stereocenters. The van der Waals surface area contributed by atoms with E-state index in [1.165, 1.54) is 5.56 Å². The number of aromatic nitrogens is 1. The molecule has 0 bridgehead atoms. The van der Waals surface area contributed by atoms with Gasteiger partial charge in [0, 0.05) is 17.9 Å². The molecule has 1 aromatic heterocycles. The average Bonchev–Trinajstić information content (AvgIpc) is 2.32. The van der Waals surface area contributed by atoms with Crippen molar-refractivity contribution in [3.63, 3.8) is 0 Å². The topological polar surface area (TPSA) is 38.9 Å². The summed E-state index contributed by atoms with van der Waals surface area (Å²) in [6.07, 6.45) is 4.09. The Morgan fingerprint density at radius 1 is 1.22 bits per heavy atom. The Bertz CT molecular complexity index is 532. The molecule has 2 N–H and O–H groups in total. The van der Waals surface area contributed by atoms with Crippen LogP contribution in [0, 0.1) is 6.92 Å². The van der Waals surface area contributed by atoms with Crippen molar-refractivity contribution in [1.29, 1.82) is 0 Å². The van der Waals surface area contributed by atoms with Crippen LogP contribution in [0.5, 0.6) is 0 Å². The zero-order valence-corrected chi connectivity index (χ0v) is 11.4. The van der Waals surface area contributed by atoms with Gasteiger partial charge in [0.1, 0.15) is 0 Å². The van der Waals surface area contributed by atoms with Crippen LogP contribution in [0.15, 0.2) is 42.7 Å². The van der Waals surface area contributed by atoms with E-state index in [0.717, 1.165) is 11.1 Å². The minimum absolute atomic E-state index is 0.432. The first kappa shape index (κ1) is 13.1. The summed E-state index contributed by atoms with van der Waals surface area (Å²) in [4.78, 5) is 3.99. The molecule has 2 nitrogen and oxygen atoms in total. The predicted molar refractivity (Wildman–Crippen MR) is 75.7 cm³/mol. The largest absolute Gasteiger partial charge is 0.321 e. The van der Waals surface area contributed by atoms with Crippen LogP contribution in [-0.2, 0) is 12.0 Å². The molecule has 1 atom stereocenters. The van der Waals surface area contributed by atoms with Crippen molar-refractivity contribution in [3.05, 3.63) is 64.4 Å². The highest BCUT2D eigenvalue weighted by molar-refractivity contribution is 6.31. The third-order valence-electron chi connectivity index (χ3n) is 3.13. The first-order valence-electron chi connectivity index (χ1n) is 5.93. The lowest BCUT2D eigenvalue weighted by Crippen LogP contribution is -2.35. The van der Waals surface area contributed by atoms with Gasteiger partial charge in [-0.25, -0.2) is 0 Å². The Balaban J connectivity index is 2.27. The van der Waals surface area contributed by atoms with Crippen molar-refractivity contribution in [2.75, 3.05) is 0 Å². The van der Waals surface area contributed by atoms with Gasteiger partial charge in [-0.05, 0) is 37.5 Å². The van der Waals surface area contributed by atoms with E-state index in [4.69, 9.17) is 17.3 Å². The van der Waals surface area contributed by atoms with E-state index in [-0.39, 0.29) is 0 Å². The fraction of sp³-hybridized carbons (Fsp3) is 0.267. The van der Waals surface area contributed by atoms with E-state index in [1.807, 2.05) is 13.0 Å². The summed E-state index contributed by atoms with van der Waals surface area (Å²) in [5.74, 6) is 0. The number of benzene rings is 1. The fourth-order valence-electron chi connectivity index (χ4n) is 1.98. The highest BCUT2D eigenvalue weighted by Crippen LogP contribution is 2.26. The van der Waals surface area contributed by atoms with Gasteiger partial charge < -0.3 is 5.73 Å². The van der Waals surface area contributed by atoms with Crippen LogP contribution in [0.4, 0.5) is 0 Å². The smallest absolute Gasteiger partial charge is 0.0622 e. The number of nitrogens with two attached hydrogens (primary N) is 1. The minimum Gasteiger partial charge on any atom is -0.321 e. The summed E-state index contributed by atoms with van der Waals surface area (Å²) >= 11 is 6.12. The first-order chi connectivity index (χ1) is 8.49. The molecular formula is C15H17ClN2. The number of rotatable bonds is 3. The van der Waals surface area contributed by atoms with Gasteiger partial charge in [-0.3, -0.25) is 4.98 Å². The van der Waals surface area contributed by atoms with E-state index in [1.54, 1.807) is 12.4 Å². The van der Waals surface area contributed by atoms with Gasteiger partial charge in [0.25, 0.3) is 0 Å². The second-order valence-corrected chi connectivity index (χ2v) is 5.33. The lowest BCUT2D eigenvalue weighted by Gasteiger charge is -2.26. The van der Waals surface area contributed by atoms with E-state index < -0.39 is 5.54 Å². The van der Waals surface area contributed by atoms with E-state index >= 15 is 0 Å². The van der Waals surface area contributed by atoms with Gasteiger partial charge in [-0.2, -0.15) is 0 Å². The summed E-state index contributed by atoms with van der Waals surface area (Å²) < 4.78 is 0. The summed E-state index contributed by atoms with van der Waals surface area (Å²) in [5.41, 5.74) is 9.35. The summed E-state index contributed by atoms with van der Waals surface area (Å²) in [6.45, 7) is 4.09. The molecule has 0 saturated heterocycles. The Kier molecular flexibility index (Phi) is 3.69. The Labute approximate surface area is 113 Å². The maximum absolute atomic E-state index is 6.41. The number of halogens is 1. The fourth-order valence-corrected chi connectivity index (χ4v) is 2.17. The van der Waals surface area contributed by atoms with E-state index in [9.17, 15) is 0 Å². The average molecular weight is 261 g/mol. The first-order valence-corrected chi connectivity index (χ1v) is 6.31. The standard InChI is InChI=1S/C15H17ClN2/c1-11-3-5-13(6-4-11)15(2,17)9-12-7-8-18-10-14(12)16/h3-8,10H,9,17H2,1-2H3. The molecule has 0 aliphatic rings. The van der Waals surface area contributed by atoms with Crippen molar-refractivity contribution >= 4 is 11.6 Å². The van der Waals surface area contributed by atoms with Crippen LogP contribution in [0.2, 0.25) is 5.02 Å². The van der Waals surface area contributed by atoms with Crippen LogP contribution < -0.4 is 5.73 Å². The molecule has 2 rings (SSSR count). The maximum Gasteiger partial charge on any atom is 0.0622 e. The maximum atomic E-state index is 6.41. The van der Waals surface area contributed by atoms with E-state index in [0.29, 0.717) is 11.4 Å².